The van der Waals surface area contributed by atoms with Crippen molar-refractivity contribution in [1.82, 2.24) is 0 Å². The van der Waals surface area contributed by atoms with E-state index in [4.69, 9.17) is 9.84 Å². The first kappa shape index (κ1) is 14.3. The third-order valence-corrected chi connectivity index (χ3v) is 3.91. The molecule has 2 atom stereocenters. The molecule has 0 aliphatic heterocycles. The van der Waals surface area contributed by atoms with Gasteiger partial charge in [0.05, 0.1) is 19.1 Å². The van der Waals surface area contributed by atoms with E-state index in [-0.39, 0.29) is 12.3 Å². The first-order chi connectivity index (χ1) is 9.11. The summed E-state index contributed by atoms with van der Waals surface area (Å²) in [6, 6.07) is 5.58. The van der Waals surface area contributed by atoms with Gasteiger partial charge in [0.25, 0.3) is 0 Å². The van der Waals surface area contributed by atoms with E-state index in [2.05, 4.69) is 15.9 Å². The van der Waals surface area contributed by atoms with Gasteiger partial charge in [-0.25, -0.2) is 0 Å². The minimum absolute atomic E-state index is 0.00434. The lowest BCUT2D eigenvalue weighted by Crippen LogP contribution is -2.12. The molecule has 0 saturated carbocycles. The van der Waals surface area contributed by atoms with Gasteiger partial charge >= 0.3 is 5.97 Å². The highest BCUT2D eigenvalue weighted by Crippen LogP contribution is 2.39. The van der Waals surface area contributed by atoms with Crippen molar-refractivity contribution in [2.75, 3.05) is 11.9 Å². The normalized spacial score (nSPS) is 21.2. The van der Waals surface area contributed by atoms with Crippen molar-refractivity contribution in [2.24, 2.45) is 5.92 Å². The average molecular weight is 329 g/mol. The molecule has 0 amide bonds. The number of rotatable bonds is 6. The molecule has 19 heavy (non-hydrogen) atoms. The van der Waals surface area contributed by atoms with E-state index in [0.717, 1.165) is 28.6 Å². The number of aliphatic hydroxyl groups is 1. The summed E-state index contributed by atoms with van der Waals surface area (Å²) in [6.45, 7) is 0.644. The molecule has 2 unspecified atom stereocenters. The van der Waals surface area contributed by atoms with Crippen LogP contribution in [0.3, 0.4) is 0 Å². The van der Waals surface area contributed by atoms with Crippen molar-refractivity contribution in [2.45, 2.75) is 25.4 Å². The van der Waals surface area contributed by atoms with Crippen molar-refractivity contribution in [3.05, 3.63) is 29.3 Å². The molecular formula is C14H17BrO4. The molecule has 1 aliphatic rings. The predicted octanol–water partition coefficient (Wildman–Crippen LogP) is 2.53. The average Bonchev–Trinajstić information content (AvgIpc) is 2.66. The number of carboxylic acid groups (broad SMARTS) is 1. The number of aliphatic hydroxyl groups excluding tert-OH is 1. The van der Waals surface area contributed by atoms with Gasteiger partial charge in [-0.15, -0.1) is 0 Å². The van der Waals surface area contributed by atoms with Crippen molar-refractivity contribution in [3.63, 3.8) is 0 Å². The third-order valence-electron chi connectivity index (χ3n) is 3.35. The molecule has 1 aromatic rings. The SMILES string of the molecule is O=C(O)CC1Cc2cc(OCCCBr)ccc2C1O. The molecule has 0 radical (unpaired) electrons. The van der Waals surface area contributed by atoms with Crippen LogP contribution in [0.15, 0.2) is 18.2 Å². The fourth-order valence-electron chi connectivity index (χ4n) is 2.44. The Morgan fingerprint density at radius 1 is 1.47 bits per heavy atom. The molecule has 0 heterocycles. The number of hydrogen-bond donors (Lipinski definition) is 2. The Hall–Kier alpha value is -1.07. The topological polar surface area (TPSA) is 66.8 Å². The molecule has 104 valence electrons. The minimum Gasteiger partial charge on any atom is -0.494 e. The lowest BCUT2D eigenvalue weighted by molar-refractivity contribution is -0.139. The van der Waals surface area contributed by atoms with Crippen LogP contribution < -0.4 is 4.74 Å². The first-order valence-corrected chi connectivity index (χ1v) is 7.45. The molecule has 0 fully saturated rings. The maximum atomic E-state index is 10.8. The third kappa shape index (κ3) is 3.48. The van der Waals surface area contributed by atoms with Gasteiger partial charge in [0.1, 0.15) is 5.75 Å². The number of carboxylic acids is 1. The van der Waals surface area contributed by atoms with Gasteiger partial charge in [0.2, 0.25) is 0 Å². The lowest BCUT2D eigenvalue weighted by atomic mass is 10.00. The Morgan fingerprint density at radius 3 is 2.95 bits per heavy atom. The summed E-state index contributed by atoms with van der Waals surface area (Å²) in [5.74, 6) is -0.321. The number of carbonyl (C=O) groups is 1. The predicted molar refractivity (Wildman–Crippen MR) is 74.8 cm³/mol. The zero-order valence-corrected chi connectivity index (χ0v) is 12.1. The monoisotopic (exact) mass is 328 g/mol. The molecule has 1 aromatic carbocycles. The summed E-state index contributed by atoms with van der Waals surface area (Å²) in [5.41, 5.74) is 1.83. The first-order valence-electron chi connectivity index (χ1n) is 6.33. The maximum absolute atomic E-state index is 10.8. The minimum atomic E-state index is -0.870. The van der Waals surface area contributed by atoms with Gasteiger partial charge < -0.3 is 14.9 Å². The molecule has 4 nitrogen and oxygen atoms in total. The number of benzene rings is 1. The largest absolute Gasteiger partial charge is 0.494 e. The standard InChI is InChI=1S/C14H17BrO4/c15-4-1-5-19-11-2-3-12-9(7-11)6-10(14(12)18)8-13(16)17/h2-3,7,10,14,18H,1,4-6,8H2,(H,16,17). The second-order valence-electron chi connectivity index (χ2n) is 4.76. The number of ether oxygens (including phenoxy) is 1. The number of aliphatic carboxylic acids is 1. The van der Waals surface area contributed by atoms with Crippen LogP contribution in [0.5, 0.6) is 5.75 Å². The lowest BCUT2D eigenvalue weighted by Gasteiger charge is -2.12. The van der Waals surface area contributed by atoms with Crippen molar-refractivity contribution < 1.29 is 19.7 Å². The smallest absolute Gasteiger partial charge is 0.303 e. The zero-order chi connectivity index (χ0) is 13.8. The van der Waals surface area contributed by atoms with Crippen LogP contribution in [0.2, 0.25) is 0 Å². The molecule has 5 heteroatoms. The number of fused-ring (bicyclic) bond motifs is 1. The molecular weight excluding hydrogens is 312 g/mol. The molecule has 0 aromatic heterocycles. The maximum Gasteiger partial charge on any atom is 0.303 e. The van der Waals surface area contributed by atoms with Crippen LogP contribution in [-0.4, -0.2) is 28.1 Å². The Labute approximate surface area is 120 Å². The molecule has 0 bridgehead atoms. The fourth-order valence-corrected chi connectivity index (χ4v) is 2.67. The Balaban J connectivity index is 2.05. The van der Waals surface area contributed by atoms with Crippen molar-refractivity contribution >= 4 is 21.9 Å². The van der Waals surface area contributed by atoms with E-state index >= 15 is 0 Å². The Bertz CT molecular complexity index is 461. The van der Waals surface area contributed by atoms with Crippen molar-refractivity contribution in [3.8, 4) is 5.75 Å². The second-order valence-corrected chi connectivity index (χ2v) is 5.55. The molecule has 0 spiro atoms. The van der Waals surface area contributed by atoms with Crippen LogP contribution in [0.4, 0.5) is 0 Å². The van der Waals surface area contributed by atoms with E-state index in [1.165, 1.54) is 0 Å². The molecule has 2 rings (SSSR count). The van der Waals surface area contributed by atoms with Crippen molar-refractivity contribution in [1.29, 1.82) is 0 Å². The van der Waals surface area contributed by atoms with Crippen LogP contribution in [0, 0.1) is 5.92 Å². The number of alkyl halides is 1. The molecule has 1 aliphatic carbocycles. The highest BCUT2D eigenvalue weighted by atomic mass is 79.9. The van der Waals surface area contributed by atoms with E-state index in [1.54, 1.807) is 0 Å². The van der Waals surface area contributed by atoms with Crippen LogP contribution in [0.1, 0.15) is 30.1 Å². The van der Waals surface area contributed by atoms with Gasteiger partial charge in [0.15, 0.2) is 0 Å². The zero-order valence-electron chi connectivity index (χ0n) is 10.5. The highest BCUT2D eigenvalue weighted by molar-refractivity contribution is 9.09. The van der Waals surface area contributed by atoms with E-state index in [0.29, 0.717) is 13.0 Å². The van der Waals surface area contributed by atoms with Crippen LogP contribution in [-0.2, 0) is 11.2 Å². The van der Waals surface area contributed by atoms with Gasteiger partial charge in [-0.3, -0.25) is 4.79 Å². The summed E-state index contributed by atoms with van der Waals surface area (Å²) < 4.78 is 5.60. The van der Waals surface area contributed by atoms with E-state index < -0.39 is 12.1 Å². The van der Waals surface area contributed by atoms with Crippen LogP contribution in [0.25, 0.3) is 0 Å². The van der Waals surface area contributed by atoms with Gasteiger partial charge in [-0.1, -0.05) is 22.0 Å². The van der Waals surface area contributed by atoms with Crippen LogP contribution >= 0.6 is 15.9 Å². The van der Waals surface area contributed by atoms with E-state index in [1.807, 2.05) is 18.2 Å². The summed E-state index contributed by atoms with van der Waals surface area (Å²) in [7, 11) is 0. The summed E-state index contributed by atoms with van der Waals surface area (Å²) in [6.07, 6.45) is 0.845. The highest BCUT2D eigenvalue weighted by Gasteiger charge is 2.32. The second kappa shape index (κ2) is 6.39. The summed E-state index contributed by atoms with van der Waals surface area (Å²) in [4.78, 5) is 10.8. The van der Waals surface area contributed by atoms with Gasteiger partial charge in [-0.2, -0.15) is 0 Å². The van der Waals surface area contributed by atoms with E-state index in [9.17, 15) is 9.90 Å². The summed E-state index contributed by atoms with van der Waals surface area (Å²) in [5, 5.41) is 19.8. The number of hydrogen-bond acceptors (Lipinski definition) is 3. The van der Waals surface area contributed by atoms with Gasteiger partial charge in [0, 0.05) is 11.2 Å². The Kier molecular flexibility index (Phi) is 4.82. The Morgan fingerprint density at radius 2 is 2.26 bits per heavy atom. The quantitative estimate of drug-likeness (QED) is 0.622. The van der Waals surface area contributed by atoms with Gasteiger partial charge in [-0.05, 0) is 36.1 Å². The molecule has 2 N–H and O–H groups in total. The molecule has 0 saturated heterocycles. The fraction of sp³-hybridized carbons (Fsp3) is 0.500. The summed E-state index contributed by atoms with van der Waals surface area (Å²) >= 11 is 3.34. The number of halogens is 1.